The summed E-state index contributed by atoms with van der Waals surface area (Å²) in [5.74, 6) is -7.22. The minimum atomic E-state index is -4.32. The number of alkyl halides is 3. The van der Waals surface area contributed by atoms with Gasteiger partial charge in [-0.25, -0.2) is 0 Å². The molecule has 1 saturated heterocycles. The molecule has 1 aromatic heterocycles. The van der Waals surface area contributed by atoms with Crippen LogP contribution in [0.3, 0.4) is 0 Å². The van der Waals surface area contributed by atoms with E-state index in [-0.39, 0.29) is 25.6 Å². The van der Waals surface area contributed by atoms with E-state index in [1.54, 1.807) is 0 Å². The highest BCUT2D eigenvalue weighted by atomic mass is 19.4. The molecule has 10 heteroatoms. The molecule has 0 radical (unpaired) electrons. The van der Waals surface area contributed by atoms with Crippen LogP contribution in [0.4, 0.5) is 36.4 Å². The minimum Gasteiger partial charge on any atom is -0.380 e. The molecule has 2 heterocycles. The van der Waals surface area contributed by atoms with Gasteiger partial charge in [-0.3, -0.25) is 4.90 Å². The summed E-state index contributed by atoms with van der Waals surface area (Å²) in [6.45, 7) is -0.905. The Morgan fingerprint density at radius 2 is 1.68 bits per heavy atom. The molecule has 2 rings (SSSR count). The molecular weight excluding hydrogens is 319 g/mol. The van der Waals surface area contributed by atoms with Gasteiger partial charge in [0.25, 0.3) is 11.9 Å². The summed E-state index contributed by atoms with van der Waals surface area (Å²) in [6.07, 6.45) is -3.94. The van der Waals surface area contributed by atoms with Gasteiger partial charge >= 0.3 is 6.18 Å². The van der Waals surface area contributed by atoms with E-state index in [1.807, 2.05) is 0 Å². The van der Waals surface area contributed by atoms with Crippen molar-refractivity contribution in [2.75, 3.05) is 31.5 Å². The maximum absolute atomic E-state index is 13.3. The fourth-order valence-corrected chi connectivity index (χ4v) is 2.37. The molecule has 124 valence electrons. The van der Waals surface area contributed by atoms with E-state index in [1.165, 1.54) is 0 Å². The maximum atomic E-state index is 13.3. The Morgan fingerprint density at radius 1 is 1.09 bits per heavy atom. The summed E-state index contributed by atoms with van der Waals surface area (Å²) in [5, 5.41) is 2.21. The molecular formula is C12H12F7N3. The minimum absolute atomic E-state index is 0.0752. The lowest BCUT2D eigenvalue weighted by Crippen LogP contribution is -2.33. The Balaban J connectivity index is 1.95. The van der Waals surface area contributed by atoms with E-state index < -0.39 is 41.9 Å². The van der Waals surface area contributed by atoms with Crippen LogP contribution in [0.15, 0.2) is 0 Å². The third-order valence-electron chi connectivity index (χ3n) is 3.34. The SMILES string of the molecule is Fc1nc(F)c(F)c(NCC2CCN(CC(F)(F)F)C2)c1F. The molecule has 0 amide bonds. The largest absolute Gasteiger partial charge is 0.401 e. The van der Waals surface area contributed by atoms with Crippen molar-refractivity contribution < 1.29 is 30.7 Å². The van der Waals surface area contributed by atoms with E-state index in [9.17, 15) is 30.7 Å². The standard InChI is InChI=1S/C12H12F7N3/c13-7-9(8(14)11(16)21-10(7)15)20-3-6-1-2-22(4-6)5-12(17,18)19/h6H,1-5H2,(H,20,21). The Hall–Kier alpha value is -1.58. The first kappa shape index (κ1) is 16.8. The van der Waals surface area contributed by atoms with E-state index in [0.29, 0.717) is 6.42 Å². The quantitative estimate of drug-likeness (QED) is 0.679. The average Bonchev–Trinajstić information content (AvgIpc) is 2.82. The van der Waals surface area contributed by atoms with E-state index >= 15 is 0 Å². The molecule has 0 spiro atoms. The van der Waals surface area contributed by atoms with Gasteiger partial charge in [-0.2, -0.15) is 35.7 Å². The Kier molecular flexibility index (Phi) is 4.78. The smallest absolute Gasteiger partial charge is 0.380 e. The Labute approximate surface area is 121 Å². The summed E-state index contributed by atoms with van der Waals surface area (Å²) in [5.41, 5.74) is -1.00. The van der Waals surface area contributed by atoms with Crippen molar-refractivity contribution in [3.8, 4) is 0 Å². The van der Waals surface area contributed by atoms with Gasteiger partial charge in [-0.1, -0.05) is 0 Å². The van der Waals surface area contributed by atoms with Crippen molar-refractivity contribution in [3.63, 3.8) is 0 Å². The van der Waals surface area contributed by atoms with E-state index in [4.69, 9.17) is 0 Å². The molecule has 1 atom stereocenters. The number of rotatable bonds is 4. The van der Waals surface area contributed by atoms with Crippen LogP contribution in [0.5, 0.6) is 0 Å². The van der Waals surface area contributed by atoms with Crippen LogP contribution in [-0.2, 0) is 0 Å². The number of hydrogen-bond donors (Lipinski definition) is 1. The van der Waals surface area contributed by atoms with Gasteiger partial charge in [0.05, 0.1) is 6.54 Å². The van der Waals surface area contributed by atoms with Crippen LogP contribution in [-0.4, -0.2) is 42.2 Å². The average molecular weight is 331 g/mol. The highest BCUT2D eigenvalue weighted by Gasteiger charge is 2.34. The topological polar surface area (TPSA) is 28.2 Å². The zero-order chi connectivity index (χ0) is 16.5. The highest BCUT2D eigenvalue weighted by molar-refractivity contribution is 5.45. The van der Waals surface area contributed by atoms with E-state index in [2.05, 4.69) is 10.3 Å². The molecule has 1 N–H and O–H groups in total. The van der Waals surface area contributed by atoms with Crippen LogP contribution in [0.2, 0.25) is 0 Å². The van der Waals surface area contributed by atoms with Crippen molar-refractivity contribution in [3.05, 3.63) is 23.5 Å². The third kappa shape index (κ3) is 3.99. The zero-order valence-corrected chi connectivity index (χ0v) is 11.2. The second-order valence-electron chi connectivity index (χ2n) is 5.08. The number of hydrogen-bond acceptors (Lipinski definition) is 3. The highest BCUT2D eigenvalue weighted by Crippen LogP contribution is 2.25. The fraction of sp³-hybridized carbons (Fsp3) is 0.583. The summed E-state index contributed by atoms with van der Waals surface area (Å²) in [7, 11) is 0. The summed E-state index contributed by atoms with van der Waals surface area (Å²) < 4.78 is 89.2. The monoisotopic (exact) mass is 331 g/mol. The molecule has 0 bridgehead atoms. The summed E-state index contributed by atoms with van der Waals surface area (Å²) in [4.78, 5) is 3.57. The maximum Gasteiger partial charge on any atom is 0.401 e. The number of anilines is 1. The molecule has 0 aliphatic carbocycles. The lowest BCUT2D eigenvalue weighted by molar-refractivity contribution is -0.143. The number of aromatic nitrogens is 1. The lowest BCUT2D eigenvalue weighted by Gasteiger charge is -2.18. The van der Waals surface area contributed by atoms with Gasteiger partial charge < -0.3 is 5.32 Å². The van der Waals surface area contributed by atoms with Crippen molar-refractivity contribution in [1.82, 2.24) is 9.88 Å². The van der Waals surface area contributed by atoms with E-state index in [0.717, 1.165) is 4.90 Å². The van der Waals surface area contributed by atoms with Crippen molar-refractivity contribution in [2.24, 2.45) is 5.92 Å². The molecule has 1 unspecified atom stereocenters. The molecule has 1 aromatic rings. The number of halogens is 7. The third-order valence-corrected chi connectivity index (χ3v) is 3.34. The first-order valence-corrected chi connectivity index (χ1v) is 6.40. The summed E-state index contributed by atoms with van der Waals surface area (Å²) >= 11 is 0. The second kappa shape index (κ2) is 6.27. The van der Waals surface area contributed by atoms with Crippen LogP contribution in [0.1, 0.15) is 6.42 Å². The first-order valence-electron chi connectivity index (χ1n) is 6.40. The van der Waals surface area contributed by atoms with Crippen LogP contribution in [0.25, 0.3) is 0 Å². The Bertz CT molecular complexity index is 520. The molecule has 1 fully saturated rings. The number of pyridine rings is 1. The number of nitrogens with one attached hydrogen (secondary N) is 1. The first-order chi connectivity index (χ1) is 10.2. The lowest BCUT2D eigenvalue weighted by atomic mass is 10.1. The van der Waals surface area contributed by atoms with Crippen LogP contribution < -0.4 is 5.32 Å². The van der Waals surface area contributed by atoms with Gasteiger partial charge in [0.15, 0.2) is 0 Å². The molecule has 0 aromatic carbocycles. The molecule has 1 aliphatic heterocycles. The van der Waals surface area contributed by atoms with Gasteiger partial charge in [0.1, 0.15) is 5.69 Å². The normalized spacial score (nSPS) is 19.7. The summed E-state index contributed by atoms with van der Waals surface area (Å²) in [6, 6.07) is 0. The van der Waals surface area contributed by atoms with Gasteiger partial charge in [-0.15, -0.1) is 0 Å². The van der Waals surface area contributed by atoms with Crippen LogP contribution >= 0.6 is 0 Å². The predicted octanol–water partition coefficient (Wildman–Crippen LogP) is 2.93. The fourth-order valence-electron chi connectivity index (χ4n) is 2.37. The van der Waals surface area contributed by atoms with Crippen molar-refractivity contribution >= 4 is 5.69 Å². The second-order valence-corrected chi connectivity index (χ2v) is 5.08. The van der Waals surface area contributed by atoms with Gasteiger partial charge in [-0.05, 0) is 18.9 Å². The molecule has 22 heavy (non-hydrogen) atoms. The number of nitrogens with zero attached hydrogens (tertiary/aromatic N) is 2. The number of likely N-dealkylation sites (tertiary alicyclic amines) is 1. The molecule has 1 aliphatic rings. The van der Waals surface area contributed by atoms with Gasteiger partial charge in [0, 0.05) is 13.1 Å². The van der Waals surface area contributed by atoms with Crippen LogP contribution in [0, 0.1) is 29.4 Å². The van der Waals surface area contributed by atoms with Gasteiger partial charge in [0.2, 0.25) is 11.6 Å². The zero-order valence-electron chi connectivity index (χ0n) is 11.2. The van der Waals surface area contributed by atoms with Crippen molar-refractivity contribution in [1.29, 1.82) is 0 Å². The van der Waals surface area contributed by atoms with Crippen molar-refractivity contribution in [2.45, 2.75) is 12.6 Å². The molecule has 0 saturated carbocycles. The Morgan fingerprint density at radius 3 is 2.23 bits per heavy atom. The predicted molar refractivity (Wildman–Crippen MR) is 63.2 cm³/mol. The molecule has 3 nitrogen and oxygen atoms in total.